The summed E-state index contributed by atoms with van der Waals surface area (Å²) in [5.74, 6) is 0. The van der Waals surface area contributed by atoms with Crippen LogP contribution in [0.3, 0.4) is 0 Å². The molecule has 0 aliphatic heterocycles. The molecule has 0 heterocycles. The average Bonchev–Trinajstić information content (AvgIpc) is 2.18. The van der Waals surface area contributed by atoms with E-state index in [4.69, 9.17) is 17.3 Å². The highest BCUT2D eigenvalue weighted by Crippen LogP contribution is 2.26. The Hall–Kier alpha value is -0.730. The van der Waals surface area contributed by atoms with Crippen molar-refractivity contribution in [3.05, 3.63) is 28.8 Å². The van der Waals surface area contributed by atoms with Gasteiger partial charge in [-0.1, -0.05) is 17.7 Å². The van der Waals surface area contributed by atoms with Gasteiger partial charge < -0.3 is 10.6 Å². The molecule has 0 amide bonds. The van der Waals surface area contributed by atoms with Gasteiger partial charge in [0.25, 0.3) is 0 Å². The molecule has 0 spiro atoms. The third kappa shape index (κ3) is 3.39. The smallest absolute Gasteiger partial charge is 0.0426 e. The summed E-state index contributed by atoms with van der Waals surface area (Å²) in [6.07, 6.45) is 0.879. The maximum Gasteiger partial charge on any atom is 0.0426 e. The Morgan fingerprint density at radius 1 is 1.31 bits per heavy atom. The summed E-state index contributed by atoms with van der Waals surface area (Å²) < 4.78 is 0. The topological polar surface area (TPSA) is 29.3 Å². The third-order valence-corrected chi connectivity index (χ3v) is 2.98. The van der Waals surface area contributed by atoms with Gasteiger partial charge in [0, 0.05) is 29.8 Å². The van der Waals surface area contributed by atoms with Crippen LogP contribution >= 0.6 is 11.6 Å². The van der Waals surface area contributed by atoms with Crippen LogP contribution in [-0.4, -0.2) is 19.1 Å². The second-order valence-electron chi connectivity index (χ2n) is 4.66. The average molecular weight is 241 g/mol. The number of hydrogen-bond acceptors (Lipinski definition) is 2. The van der Waals surface area contributed by atoms with E-state index in [2.05, 4.69) is 31.9 Å². The summed E-state index contributed by atoms with van der Waals surface area (Å²) in [5, 5.41) is 0.774. The fourth-order valence-corrected chi connectivity index (χ4v) is 1.83. The summed E-state index contributed by atoms with van der Waals surface area (Å²) in [5.41, 5.74) is 8.30. The Morgan fingerprint density at radius 2 is 1.94 bits per heavy atom. The molecule has 0 fully saturated rings. The van der Waals surface area contributed by atoms with Gasteiger partial charge in [-0.2, -0.15) is 0 Å². The second kappa shape index (κ2) is 5.55. The predicted octanol–water partition coefficient (Wildman–Crippen LogP) is 3.07. The van der Waals surface area contributed by atoms with Gasteiger partial charge >= 0.3 is 0 Å². The van der Waals surface area contributed by atoms with E-state index in [1.165, 1.54) is 11.3 Å². The fourth-order valence-electron chi connectivity index (χ4n) is 1.66. The van der Waals surface area contributed by atoms with E-state index in [1.54, 1.807) is 0 Å². The molecule has 16 heavy (non-hydrogen) atoms. The Labute approximate surface area is 103 Å². The van der Waals surface area contributed by atoms with Crippen molar-refractivity contribution < 1.29 is 0 Å². The number of rotatable bonds is 4. The number of anilines is 1. The van der Waals surface area contributed by atoms with E-state index in [9.17, 15) is 0 Å². The van der Waals surface area contributed by atoms with Crippen LogP contribution in [0.2, 0.25) is 5.02 Å². The highest BCUT2D eigenvalue weighted by Gasteiger charge is 2.12. The lowest BCUT2D eigenvalue weighted by Crippen LogP contribution is -2.28. The van der Waals surface area contributed by atoms with Crippen LogP contribution in [0.25, 0.3) is 0 Å². The van der Waals surface area contributed by atoms with Crippen LogP contribution in [0.15, 0.2) is 18.2 Å². The maximum atomic E-state index is 6.04. The molecule has 1 aromatic rings. The van der Waals surface area contributed by atoms with Gasteiger partial charge in [-0.25, -0.2) is 0 Å². The minimum atomic E-state index is 0.167. The highest BCUT2D eigenvalue weighted by molar-refractivity contribution is 6.30. The van der Waals surface area contributed by atoms with Crippen molar-refractivity contribution in [2.75, 3.05) is 11.9 Å². The molecule has 1 aromatic carbocycles. The number of hydrogen-bond donors (Lipinski definition) is 1. The molecule has 1 rings (SSSR count). The number of nitrogens with two attached hydrogens (primary N) is 1. The largest absolute Gasteiger partial charge is 0.372 e. The van der Waals surface area contributed by atoms with Crippen molar-refractivity contribution in [2.45, 2.75) is 39.3 Å². The summed E-state index contributed by atoms with van der Waals surface area (Å²) in [6, 6.07) is 6.63. The van der Waals surface area contributed by atoms with Crippen molar-refractivity contribution in [2.24, 2.45) is 5.73 Å². The van der Waals surface area contributed by atoms with Gasteiger partial charge in [0.05, 0.1) is 0 Å². The number of benzene rings is 1. The van der Waals surface area contributed by atoms with Gasteiger partial charge in [0.1, 0.15) is 0 Å². The van der Waals surface area contributed by atoms with E-state index in [0.29, 0.717) is 6.04 Å². The minimum absolute atomic E-state index is 0.167. The SMILES string of the molecule is CC(N)Cc1ccc(Cl)cc1N(C)C(C)C. The summed E-state index contributed by atoms with van der Waals surface area (Å²) in [7, 11) is 2.08. The molecular formula is C13H21ClN2. The molecular weight excluding hydrogens is 220 g/mol. The zero-order valence-electron chi connectivity index (χ0n) is 10.5. The third-order valence-electron chi connectivity index (χ3n) is 2.74. The molecule has 2 N–H and O–H groups in total. The van der Waals surface area contributed by atoms with Gasteiger partial charge in [0.2, 0.25) is 0 Å². The van der Waals surface area contributed by atoms with Crippen LogP contribution in [0.4, 0.5) is 5.69 Å². The van der Waals surface area contributed by atoms with Crippen molar-refractivity contribution in [1.82, 2.24) is 0 Å². The Balaban J connectivity index is 3.07. The first kappa shape index (κ1) is 13.3. The minimum Gasteiger partial charge on any atom is -0.372 e. The lowest BCUT2D eigenvalue weighted by atomic mass is 10.0. The molecule has 0 saturated heterocycles. The van der Waals surface area contributed by atoms with Crippen molar-refractivity contribution in [3.63, 3.8) is 0 Å². The summed E-state index contributed by atoms with van der Waals surface area (Å²) in [4.78, 5) is 2.23. The fraction of sp³-hybridized carbons (Fsp3) is 0.538. The molecule has 3 heteroatoms. The lowest BCUT2D eigenvalue weighted by Gasteiger charge is -2.27. The van der Waals surface area contributed by atoms with Crippen molar-refractivity contribution >= 4 is 17.3 Å². The zero-order chi connectivity index (χ0) is 12.3. The monoisotopic (exact) mass is 240 g/mol. The molecule has 0 aliphatic rings. The second-order valence-corrected chi connectivity index (χ2v) is 5.10. The van der Waals surface area contributed by atoms with E-state index < -0.39 is 0 Å². The van der Waals surface area contributed by atoms with Crippen molar-refractivity contribution in [1.29, 1.82) is 0 Å². The van der Waals surface area contributed by atoms with Crippen LogP contribution in [0.5, 0.6) is 0 Å². The molecule has 0 bridgehead atoms. The first-order valence-corrected chi connectivity index (χ1v) is 6.06. The lowest BCUT2D eigenvalue weighted by molar-refractivity contribution is 0.717. The van der Waals surface area contributed by atoms with Crippen molar-refractivity contribution in [3.8, 4) is 0 Å². The molecule has 0 saturated carbocycles. The Bertz CT molecular complexity index is 348. The van der Waals surface area contributed by atoms with Crippen LogP contribution < -0.4 is 10.6 Å². The van der Waals surface area contributed by atoms with Crippen LogP contribution in [0, 0.1) is 0 Å². The molecule has 1 unspecified atom stereocenters. The van der Waals surface area contributed by atoms with E-state index in [1.807, 2.05) is 19.1 Å². The summed E-state index contributed by atoms with van der Waals surface area (Å²) in [6.45, 7) is 6.35. The van der Waals surface area contributed by atoms with Gasteiger partial charge in [-0.05, 0) is 44.9 Å². The van der Waals surface area contributed by atoms with Gasteiger partial charge in [0.15, 0.2) is 0 Å². The Kier molecular flexibility index (Phi) is 4.63. The zero-order valence-corrected chi connectivity index (χ0v) is 11.3. The molecule has 90 valence electrons. The van der Waals surface area contributed by atoms with E-state index in [0.717, 1.165) is 11.4 Å². The molecule has 0 radical (unpaired) electrons. The number of nitrogens with zero attached hydrogens (tertiary/aromatic N) is 1. The van der Waals surface area contributed by atoms with E-state index >= 15 is 0 Å². The first-order valence-electron chi connectivity index (χ1n) is 5.68. The Morgan fingerprint density at radius 3 is 2.44 bits per heavy atom. The van der Waals surface area contributed by atoms with Gasteiger partial charge in [-0.15, -0.1) is 0 Å². The van der Waals surface area contributed by atoms with E-state index in [-0.39, 0.29) is 6.04 Å². The standard InChI is InChI=1S/C13H21ClN2/c1-9(2)16(4)13-8-12(14)6-5-11(13)7-10(3)15/h5-6,8-10H,7,15H2,1-4H3. The highest BCUT2D eigenvalue weighted by atomic mass is 35.5. The molecule has 0 aliphatic carbocycles. The quantitative estimate of drug-likeness (QED) is 0.877. The number of halogens is 1. The molecule has 0 aromatic heterocycles. The summed E-state index contributed by atoms with van der Waals surface area (Å²) >= 11 is 6.04. The normalized spacial score (nSPS) is 12.9. The first-order chi connectivity index (χ1) is 7.41. The van der Waals surface area contributed by atoms with Crippen LogP contribution in [0.1, 0.15) is 26.3 Å². The maximum absolute atomic E-state index is 6.04. The molecule has 2 nitrogen and oxygen atoms in total. The molecule has 1 atom stereocenters. The predicted molar refractivity (Wildman–Crippen MR) is 72.3 cm³/mol. The van der Waals surface area contributed by atoms with Gasteiger partial charge in [-0.3, -0.25) is 0 Å². The van der Waals surface area contributed by atoms with Crippen LogP contribution in [-0.2, 0) is 6.42 Å².